The Labute approximate surface area is 112 Å². The molecule has 0 radical (unpaired) electrons. The molecule has 1 unspecified atom stereocenters. The maximum atomic E-state index is 12.3. The molecule has 0 amide bonds. The van der Waals surface area contributed by atoms with Gasteiger partial charge in [0, 0.05) is 0 Å². The van der Waals surface area contributed by atoms with Crippen molar-refractivity contribution in [3.05, 3.63) is 0 Å². The van der Waals surface area contributed by atoms with E-state index in [9.17, 15) is 4.79 Å². The first-order valence-electron chi connectivity index (χ1n) is 7.67. The van der Waals surface area contributed by atoms with Crippen molar-refractivity contribution in [3.63, 3.8) is 0 Å². The monoisotopic (exact) mass is 254 g/mol. The summed E-state index contributed by atoms with van der Waals surface area (Å²) in [6.07, 6.45) is 9.65. The summed E-state index contributed by atoms with van der Waals surface area (Å²) in [4.78, 5) is 12.3. The second kappa shape index (κ2) is 7.16. The molecule has 18 heavy (non-hydrogen) atoms. The summed E-state index contributed by atoms with van der Waals surface area (Å²) in [6, 6.07) is 0. The number of unbranched alkanes of at least 4 members (excludes halogenated alkanes) is 1. The van der Waals surface area contributed by atoms with E-state index in [1.807, 2.05) is 20.8 Å². The fraction of sp³-hybridized carbons (Fsp3) is 0.938. The summed E-state index contributed by atoms with van der Waals surface area (Å²) in [5.74, 6) is 0.757. The highest BCUT2D eigenvalue weighted by molar-refractivity contribution is 5.73. The molecule has 0 N–H and O–H groups in total. The van der Waals surface area contributed by atoms with Crippen molar-refractivity contribution in [1.29, 1.82) is 0 Å². The Hall–Kier alpha value is -0.530. The third-order valence-electron chi connectivity index (χ3n) is 3.80. The largest absolute Gasteiger partial charge is 0.460 e. The standard InChI is InChI=1S/C16H30O2/c1-5-6-12-14(13-10-8-7-9-11-13)15(17)18-16(2,3)4/h13-14H,5-12H2,1-4H3. The molecule has 0 aromatic carbocycles. The lowest BCUT2D eigenvalue weighted by Gasteiger charge is -2.31. The summed E-state index contributed by atoms with van der Waals surface area (Å²) in [5, 5.41) is 0. The summed E-state index contributed by atoms with van der Waals surface area (Å²) >= 11 is 0. The van der Waals surface area contributed by atoms with Gasteiger partial charge in [-0.3, -0.25) is 4.79 Å². The number of rotatable bonds is 5. The van der Waals surface area contributed by atoms with Crippen molar-refractivity contribution >= 4 is 5.97 Å². The Kier molecular flexibility index (Phi) is 6.17. The predicted molar refractivity (Wildman–Crippen MR) is 75.4 cm³/mol. The lowest BCUT2D eigenvalue weighted by atomic mass is 9.78. The second-order valence-corrected chi connectivity index (χ2v) is 6.68. The summed E-state index contributed by atoms with van der Waals surface area (Å²) < 4.78 is 5.61. The fourth-order valence-corrected chi connectivity index (χ4v) is 2.88. The first-order valence-corrected chi connectivity index (χ1v) is 7.67. The highest BCUT2D eigenvalue weighted by atomic mass is 16.6. The zero-order valence-corrected chi connectivity index (χ0v) is 12.6. The lowest BCUT2D eigenvalue weighted by molar-refractivity contribution is -0.163. The lowest BCUT2D eigenvalue weighted by Crippen LogP contribution is -2.33. The van der Waals surface area contributed by atoms with Gasteiger partial charge in [-0.1, -0.05) is 39.0 Å². The zero-order valence-electron chi connectivity index (χ0n) is 12.6. The molecule has 1 aliphatic rings. The minimum Gasteiger partial charge on any atom is -0.460 e. The Morgan fingerprint density at radius 2 is 1.83 bits per heavy atom. The van der Waals surface area contributed by atoms with E-state index in [0.717, 1.165) is 19.3 Å². The van der Waals surface area contributed by atoms with Crippen molar-refractivity contribution in [2.45, 2.75) is 84.7 Å². The average Bonchev–Trinajstić information content (AvgIpc) is 2.28. The number of carbonyl (C=O) groups is 1. The first kappa shape index (κ1) is 15.5. The van der Waals surface area contributed by atoms with Crippen LogP contribution in [0.1, 0.15) is 79.1 Å². The van der Waals surface area contributed by atoms with Crippen LogP contribution in [0.15, 0.2) is 0 Å². The van der Waals surface area contributed by atoms with Crippen LogP contribution in [0.4, 0.5) is 0 Å². The van der Waals surface area contributed by atoms with Crippen molar-refractivity contribution in [3.8, 4) is 0 Å². The minimum atomic E-state index is -0.351. The molecule has 2 nitrogen and oxygen atoms in total. The number of esters is 1. The van der Waals surface area contributed by atoms with E-state index in [0.29, 0.717) is 5.92 Å². The number of carbonyl (C=O) groups excluding carboxylic acids is 1. The Balaban J connectivity index is 2.60. The molecular formula is C16H30O2. The Bertz CT molecular complexity index is 246. The highest BCUT2D eigenvalue weighted by Crippen LogP contribution is 2.34. The smallest absolute Gasteiger partial charge is 0.309 e. The highest BCUT2D eigenvalue weighted by Gasteiger charge is 2.32. The summed E-state index contributed by atoms with van der Waals surface area (Å²) in [7, 11) is 0. The van der Waals surface area contributed by atoms with Crippen LogP contribution < -0.4 is 0 Å². The van der Waals surface area contributed by atoms with Crippen LogP contribution in [-0.4, -0.2) is 11.6 Å². The maximum absolute atomic E-state index is 12.3. The molecule has 1 fully saturated rings. The molecule has 1 rings (SSSR count). The van der Waals surface area contributed by atoms with E-state index in [-0.39, 0.29) is 17.5 Å². The van der Waals surface area contributed by atoms with E-state index in [4.69, 9.17) is 4.74 Å². The van der Waals surface area contributed by atoms with Gasteiger partial charge in [-0.25, -0.2) is 0 Å². The van der Waals surface area contributed by atoms with E-state index < -0.39 is 0 Å². The fourth-order valence-electron chi connectivity index (χ4n) is 2.88. The van der Waals surface area contributed by atoms with Crippen LogP contribution in [0.5, 0.6) is 0 Å². The van der Waals surface area contributed by atoms with Crippen LogP contribution in [-0.2, 0) is 9.53 Å². The molecule has 0 heterocycles. The zero-order chi connectivity index (χ0) is 13.6. The number of hydrogen-bond acceptors (Lipinski definition) is 2. The van der Waals surface area contributed by atoms with Crippen LogP contribution in [0, 0.1) is 11.8 Å². The van der Waals surface area contributed by atoms with Crippen molar-refractivity contribution < 1.29 is 9.53 Å². The molecule has 1 aliphatic carbocycles. The Morgan fingerprint density at radius 3 is 2.33 bits per heavy atom. The van der Waals surface area contributed by atoms with Crippen LogP contribution in [0.2, 0.25) is 0 Å². The molecular weight excluding hydrogens is 224 g/mol. The SMILES string of the molecule is CCCCC(C(=O)OC(C)(C)C)C1CCCCC1. The minimum absolute atomic E-state index is 0.0443. The molecule has 0 aliphatic heterocycles. The van der Waals surface area contributed by atoms with Gasteiger partial charge in [-0.2, -0.15) is 0 Å². The molecule has 0 bridgehead atoms. The third kappa shape index (κ3) is 5.41. The average molecular weight is 254 g/mol. The van der Waals surface area contributed by atoms with E-state index in [2.05, 4.69) is 6.92 Å². The first-order chi connectivity index (χ1) is 8.44. The molecule has 0 aromatic heterocycles. The Morgan fingerprint density at radius 1 is 1.22 bits per heavy atom. The van der Waals surface area contributed by atoms with Crippen molar-refractivity contribution in [2.75, 3.05) is 0 Å². The van der Waals surface area contributed by atoms with Crippen LogP contribution >= 0.6 is 0 Å². The van der Waals surface area contributed by atoms with Gasteiger partial charge in [0.25, 0.3) is 0 Å². The molecule has 0 aromatic rings. The summed E-state index contributed by atoms with van der Waals surface area (Å²) in [6.45, 7) is 8.07. The quantitative estimate of drug-likeness (QED) is 0.664. The van der Waals surface area contributed by atoms with Gasteiger partial charge in [0.1, 0.15) is 5.60 Å². The van der Waals surface area contributed by atoms with E-state index in [1.165, 1.54) is 32.1 Å². The molecule has 0 saturated heterocycles. The molecule has 1 atom stereocenters. The van der Waals surface area contributed by atoms with Gasteiger partial charge in [0.2, 0.25) is 0 Å². The van der Waals surface area contributed by atoms with Gasteiger partial charge >= 0.3 is 5.97 Å². The summed E-state index contributed by atoms with van der Waals surface area (Å²) in [5.41, 5.74) is -0.351. The molecule has 0 spiro atoms. The van der Waals surface area contributed by atoms with E-state index >= 15 is 0 Å². The van der Waals surface area contributed by atoms with Gasteiger partial charge in [0.15, 0.2) is 0 Å². The topological polar surface area (TPSA) is 26.3 Å². The van der Waals surface area contributed by atoms with Gasteiger partial charge in [0.05, 0.1) is 5.92 Å². The normalized spacial score (nSPS) is 19.6. The number of hydrogen-bond donors (Lipinski definition) is 0. The predicted octanol–water partition coefficient (Wildman–Crippen LogP) is 4.71. The van der Waals surface area contributed by atoms with Crippen LogP contribution in [0.3, 0.4) is 0 Å². The molecule has 2 heteroatoms. The van der Waals surface area contributed by atoms with Crippen molar-refractivity contribution in [1.82, 2.24) is 0 Å². The maximum Gasteiger partial charge on any atom is 0.309 e. The van der Waals surface area contributed by atoms with Crippen LogP contribution in [0.25, 0.3) is 0 Å². The second-order valence-electron chi connectivity index (χ2n) is 6.68. The number of ether oxygens (including phenoxy) is 1. The third-order valence-corrected chi connectivity index (χ3v) is 3.80. The molecule has 106 valence electrons. The van der Waals surface area contributed by atoms with E-state index in [1.54, 1.807) is 0 Å². The van der Waals surface area contributed by atoms with Gasteiger partial charge in [-0.15, -0.1) is 0 Å². The molecule has 1 saturated carbocycles. The van der Waals surface area contributed by atoms with Gasteiger partial charge < -0.3 is 4.74 Å². The van der Waals surface area contributed by atoms with Gasteiger partial charge in [-0.05, 0) is 46.0 Å². The van der Waals surface area contributed by atoms with Crippen molar-refractivity contribution in [2.24, 2.45) is 11.8 Å².